The Balaban J connectivity index is 1.84. The highest BCUT2D eigenvalue weighted by Gasteiger charge is 2.41. The zero-order valence-electron chi connectivity index (χ0n) is 11.7. The molecule has 0 spiro atoms. The average Bonchev–Trinajstić information content (AvgIpc) is 2.78. The molecule has 4 nitrogen and oxygen atoms in total. The van der Waals surface area contributed by atoms with Crippen LogP contribution in [0.2, 0.25) is 0 Å². The largest absolute Gasteiger partial charge is 0.362 e. The second kappa shape index (κ2) is 4.57. The highest BCUT2D eigenvalue weighted by molar-refractivity contribution is 5.57. The number of aromatic nitrogens is 2. The van der Waals surface area contributed by atoms with Gasteiger partial charge in [0.25, 0.3) is 0 Å². The van der Waals surface area contributed by atoms with Crippen LogP contribution >= 0.6 is 0 Å². The molecule has 4 heteroatoms. The minimum atomic E-state index is 0.711. The number of fused-ring (bicyclic) bond motifs is 2. The molecule has 2 aliphatic rings. The number of rotatable bonds is 3. The second-order valence-corrected chi connectivity index (χ2v) is 5.80. The molecule has 2 saturated heterocycles. The topological polar surface area (TPSA) is 44.0 Å². The molecular weight excluding hydrogens is 224 g/mol. The Labute approximate surface area is 109 Å². The maximum absolute atomic E-state index is 4.36. The minimum Gasteiger partial charge on any atom is -0.362 e. The molecule has 2 fully saturated rings. The van der Waals surface area contributed by atoms with Crippen molar-refractivity contribution in [2.45, 2.75) is 64.6 Å². The van der Waals surface area contributed by atoms with Gasteiger partial charge in [-0.25, -0.2) is 0 Å². The molecule has 3 rings (SSSR count). The van der Waals surface area contributed by atoms with Crippen molar-refractivity contribution in [2.75, 3.05) is 11.4 Å². The van der Waals surface area contributed by atoms with Crippen LogP contribution in [0.25, 0.3) is 0 Å². The van der Waals surface area contributed by atoms with E-state index in [9.17, 15) is 0 Å². The zero-order valence-corrected chi connectivity index (χ0v) is 11.7. The van der Waals surface area contributed by atoms with Crippen molar-refractivity contribution in [1.82, 2.24) is 15.5 Å². The van der Waals surface area contributed by atoms with Gasteiger partial charge in [-0.15, -0.1) is 0 Å². The highest BCUT2D eigenvalue weighted by atomic mass is 15.3. The molecule has 0 aliphatic carbocycles. The number of hydrogen-bond donors (Lipinski definition) is 2. The molecule has 0 radical (unpaired) electrons. The molecule has 2 unspecified atom stereocenters. The smallest absolute Gasteiger partial charge is 0.0827 e. The monoisotopic (exact) mass is 248 g/mol. The van der Waals surface area contributed by atoms with Crippen molar-refractivity contribution in [1.29, 1.82) is 0 Å². The van der Waals surface area contributed by atoms with Gasteiger partial charge in [0.05, 0.1) is 17.1 Å². The third-order valence-corrected chi connectivity index (χ3v) is 4.57. The lowest BCUT2D eigenvalue weighted by molar-refractivity contribution is 0.361. The van der Waals surface area contributed by atoms with Crippen LogP contribution in [0.1, 0.15) is 44.0 Å². The van der Waals surface area contributed by atoms with Crippen LogP contribution in [0, 0.1) is 13.8 Å². The number of anilines is 1. The highest BCUT2D eigenvalue weighted by Crippen LogP contribution is 2.41. The molecule has 2 atom stereocenters. The van der Waals surface area contributed by atoms with Gasteiger partial charge in [0.1, 0.15) is 0 Å². The minimum absolute atomic E-state index is 0.711. The van der Waals surface area contributed by atoms with Gasteiger partial charge in [0.15, 0.2) is 0 Å². The van der Waals surface area contributed by atoms with Gasteiger partial charge in [0, 0.05) is 18.1 Å². The van der Waals surface area contributed by atoms with Crippen LogP contribution in [-0.2, 0) is 0 Å². The van der Waals surface area contributed by atoms with Crippen LogP contribution in [0.15, 0.2) is 0 Å². The van der Waals surface area contributed by atoms with Crippen molar-refractivity contribution in [3.8, 4) is 0 Å². The van der Waals surface area contributed by atoms with E-state index in [4.69, 9.17) is 0 Å². The van der Waals surface area contributed by atoms with Crippen molar-refractivity contribution in [3.05, 3.63) is 11.4 Å². The molecule has 0 aromatic carbocycles. The van der Waals surface area contributed by atoms with E-state index in [0.29, 0.717) is 12.1 Å². The summed E-state index contributed by atoms with van der Waals surface area (Å²) in [6.07, 6.45) is 5.26. The Hall–Kier alpha value is -1.03. The predicted molar refractivity (Wildman–Crippen MR) is 74.0 cm³/mol. The lowest BCUT2D eigenvalue weighted by atomic mass is 9.96. The van der Waals surface area contributed by atoms with Gasteiger partial charge in [-0.3, -0.25) is 5.10 Å². The standard InChI is InChI=1S/C14H24N4/c1-4-15-11-7-12-5-6-13(8-11)18(12)14-9(2)16-17-10(14)3/h11-13,15H,4-8H2,1-3H3,(H,16,17). The van der Waals surface area contributed by atoms with Crippen molar-refractivity contribution in [3.63, 3.8) is 0 Å². The molecule has 100 valence electrons. The molecule has 2 bridgehead atoms. The fraction of sp³-hybridized carbons (Fsp3) is 0.786. The Morgan fingerprint density at radius 3 is 2.44 bits per heavy atom. The average molecular weight is 248 g/mol. The van der Waals surface area contributed by atoms with Gasteiger partial charge in [0.2, 0.25) is 0 Å². The molecule has 0 saturated carbocycles. The summed E-state index contributed by atoms with van der Waals surface area (Å²) < 4.78 is 0. The Morgan fingerprint density at radius 1 is 1.28 bits per heavy atom. The van der Waals surface area contributed by atoms with Crippen molar-refractivity contribution >= 4 is 5.69 Å². The maximum Gasteiger partial charge on any atom is 0.0827 e. The summed E-state index contributed by atoms with van der Waals surface area (Å²) in [6.45, 7) is 7.56. The molecule has 2 aliphatic heterocycles. The number of aromatic amines is 1. The van der Waals surface area contributed by atoms with E-state index in [-0.39, 0.29) is 0 Å². The van der Waals surface area contributed by atoms with E-state index in [1.54, 1.807) is 0 Å². The Morgan fingerprint density at radius 2 is 1.94 bits per heavy atom. The van der Waals surface area contributed by atoms with Gasteiger partial charge >= 0.3 is 0 Å². The number of nitrogens with one attached hydrogen (secondary N) is 2. The van der Waals surface area contributed by atoms with E-state index < -0.39 is 0 Å². The Kier molecular flexibility index (Phi) is 3.06. The molecule has 0 amide bonds. The van der Waals surface area contributed by atoms with Crippen molar-refractivity contribution < 1.29 is 0 Å². The van der Waals surface area contributed by atoms with Crippen LogP contribution in [0.4, 0.5) is 5.69 Å². The second-order valence-electron chi connectivity index (χ2n) is 5.80. The van der Waals surface area contributed by atoms with Gasteiger partial charge in [-0.05, 0) is 46.1 Å². The van der Waals surface area contributed by atoms with Gasteiger partial charge in [-0.1, -0.05) is 6.92 Å². The van der Waals surface area contributed by atoms with E-state index in [2.05, 4.69) is 41.2 Å². The summed E-state index contributed by atoms with van der Waals surface area (Å²) in [5, 5.41) is 11.1. The molecule has 3 heterocycles. The number of piperidine rings is 1. The lowest BCUT2D eigenvalue weighted by Gasteiger charge is -2.41. The number of hydrogen-bond acceptors (Lipinski definition) is 3. The number of nitrogens with zero attached hydrogens (tertiary/aromatic N) is 2. The SMILES string of the molecule is CCNC1CC2CCC(C1)N2c1c(C)n[nH]c1C. The number of aryl methyl sites for hydroxylation is 2. The molecule has 1 aromatic rings. The summed E-state index contributed by atoms with van der Waals surface area (Å²) in [4.78, 5) is 2.65. The first kappa shape index (κ1) is 12.0. The first-order valence-electron chi connectivity index (χ1n) is 7.24. The van der Waals surface area contributed by atoms with E-state index in [0.717, 1.165) is 18.3 Å². The van der Waals surface area contributed by atoms with E-state index in [1.165, 1.54) is 37.1 Å². The summed E-state index contributed by atoms with van der Waals surface area (Å²) in [5.41, 5.74) is 3.76. The first-order chi connectivity index (χ1) is 8.70. The third-order valence-electron chi connectivity index (χ3n) is 4.57. The maximum atomic E-state index is 4.36. The van der Waals surface area contributed by atoms with Crippen LogP contribution in [-0.4, -0.2) is 34.9 Å². The molecular formula is C14H24N4. The first-order valence-corrected chi connectivity index (χ1v) is 7.24. The fourth-order valence-corrected chi connectivity index (χ4v) is 3.92. The summed E-state index contributed by atoms with van der Waals surface area (Å²) >= 11 is 0. The van der Waals surface area contributed by atoms with Gasteiger partial charge in [-0.2, -0.15) is 5.10 Å². The normalized spacial score (nSPS) is 31.1. The fourth-order valence-electron chi connectivity index (χ4n) is 3.92. The molecule has 18 heavy (non-hydrogen) atoms. The van der Waals surface area contributed by atoms with E-state index >= 15 is 0 Å². The van der Waals surface area contributed by atoms with Gasteiger partial charge < -0.3 is 10.2 Å². The summed E-state index contributed by atoms with van der Waals surface area (Å²) in [7, 11) is 0. The molecule has 2 N–H and O–H groups in total. The van der Waals surface area contributed by atoms with Crippen LogP contribution < -0.4 is 10.2 Å². The summed E-state index contributed by atoms with van der Waals surface area (Å²) in [6, 6.07) is 2.14. The van der Waals surface area contributed by atoms with E-state index in [1.807, 2.05) is 0 Å². The van der Waals surface area contributed by atoms with Crippen LogP contribution in [0.5, 0.6) is 0 Å². The molecule has 1 aromatic heterocycles. The summed E-state index contributed by atoms with van der Waals surface area (Å²) in [5.74, 6) is 0. The van der Waals surface area contributed by atoms with Crippen molar-refractivity contribution in [2.24, 2.45) is 0 Å². The lowest BCUT2D eigenvalue weighted by Crippen LogP contribution is -2.49. The zero-order chi connectivity index (χ0) is 12.7. The predicted octanol–water partition coefficient (Wildman–Crippen LogP) is 2.14. The number of H-pyrrole nitrogens is 1. The third kappa shape index (κ3) is 1.83. The van der Waals surface area contributed by atoms with Crippen LogP contribution in [0.3, 0.4) is 0 Å². The Bertz CT molecular complexity index is 392. The quantitative estimate of drug-likeness (QED) is 0.861.